The fourth-order valence-corrected chi connectivity index (χ4v) is 4.53. The minimum Gasteiger partial charge on any atom is -0.375 e. The SMILES string of the molecule is NC(Cc1nc2ccccc2s1)C1CC2CCC1O2. The van der Waals surface area contributed by atoms with E-state index in [-0.39, 0.29) is 6.04 Å². The average Bonchev–Trinajstić information content (AvgIpc) is 3.12. The highest BCUT2D eigenvalue weighted by Gasteiger charge is 2.43. The highest BCUT2D eigenvalue weighted by molar-refractivity contribution is 7.18. The van der Waals surface area contributed by atoms with E-state index in [1.807, 2.05) is 6.07 Å². The molecular formula is C15H18N2OS. The molecule has 1 aromatic heterocycles. The molecule has 2 bridgehead atoms. The van der Waals surface area contributed by atoms with Gasteiger partial charge in [0.25, 0.3) is 0 Å². The third-order valence-electron chi connectivity index (χ3n) is 4.45. The van der Waals surface area contributed by atoms with Crippen molar-refractivity contribution >= 4 is 21.6 Å². The first-order chi connectivity index (χ1) is 9.29. The van der Waals surface area contributed by atoms with E-state index in [0.29, 0.717) is 18.1 Å². The van der Waals surface area contributed by atoms with Crippen LogP contribution in [-0.2, 0) is 11.2 Å². The fraction of sp³-hybridized carbons (Fsp3) is 0.533. The predicted molar refractivity (Wildman–Crippen MR) is 77.3 cm³/mol. The Labute approximate surface area is 116 Å². The number of rotatable bonds is 3. The van der Waals surface area contributed by atoms with Crippen LogP contribution >= 0.6 is 11.3 Å². The molecular weight excluding hydrogens is 256 g/mol. The second-order valence-electron chi connectivity index (χ2n) is 5.72. The predicted octanol–water partition coefficient (Wildman–Crippen LogP) is 2.73. The Morgan fingerprint density at radius 1 is 1.37 bits per heavy atom. The molecule has 0 radical (unpaired) electrons. The summed E-state index contributed by atoms with van der Waals surface area (Å²) >= 11 is 1.77. The van der Waals surface area contributed by atoms with Crippen LogP contribution in [0.1, 0.15) is 24.3 Å². The summed E-state index contributed by atoms with van der Waals surface area (Å²) in [6, 6.07) is 8.49. The van der Waals surface area contributed by atoms with Gasteiger partial charge in [0.1, 0.15) is 0 Å². The Hall–Kier alpha value is -0.970. The van der Waals surface area contributed by atoms with Crippen LogP contribution in [0.2, 0.25) is 0 Å². The number of para-hydroxylation sites is 1. The van der Waals surface area contributed by atoms with Gasteiger partial charge in [-0.05, 0) is 31.4 Å². The molecule has 2 aliphatic rings. The number of benzene rings is 1. The van der Waals surface area contributed by atoms with Crippen LogP contribution < -0.4 is 5.73 Å². The number of fused-ring (bicyclic) bond motifs is 3. The molecule has 0 spiro atoms. The highest BCUT2D eigenvalue weighted by atomic mass is 32.1. The molecule has 2 aromatic rings. The van der Waals surface area contributed by atoms with Crippen molar-refractivity contribution < 1.29 is 4.74 Å². The minimum absolute atomic E-state index is 0.191. The third-order valence-corrected chi connectivity index (χ3v) is 5.51. The van der Waals surface area contributed by atoms with Crippen LogP contribution in [0.5, 0.6) is 0 Å². The van der Waals surface area contributed by atoms with Gasteiger partial charge in [0, 0.05) is 18.4 Å². The van der Waals surface area contributed by atoms with Crippen LogP contribution in [0.4, 0.5) is 0 Å². The molecule has 3 heterocycles. The number of ether oxygens (including phenoxy) is 1. The van der Waals surface area contributed by atoms with Gasteiger partial charge in [0.15, 0.2) is 0 Å². The molecule has 4 rings (SSSR count). The van der Waals surface area contributed by atoms with Crippen LogP contribution in [0.15, 0.2) is 24.3 Å². The van der Waals surface area contributed by atoms with E-state index in [9.17, 15) is 0 Å². The molecule has 2 aliphatic heterocycles. The molecule has 4 unspecified atom stereocenters. The topological polar surface area (TPSA) is 48.1 Å². The van der Waals surface area contributed by atoms with Gasteiger partial charge in [-0.1, -0.05) is 12.1 Å². The van der Waals surface area contributed by atoms with Crippen molar-refractivity contribution in [2.75, 3.05) is 0 Å². The molecule has 2 saturated heterocycles. The van der Waals surface area contributed by atoms with Crippen LogP contribution in [0.3, 0.4) is 0 Å². The Kier molecular flexibility index (Phi) is 2.83. The number of hydrogen-bond donors (Lipinski definition) is 1. The summed E-state index contributed by atoms with van der Waals surface area (Å²) in [5.41, 5.74) is 7.50. The van der Waals surface area contributed by atoms with Crippen LogP contribution in [-0.4, -0.2) is 23.2 Å². The molecule has 2 fully saturated rings. The maximum absolute atomic E-state index is 6.41. The summed E-state index contributed by atoms with van der Waals surface area (Å²) in [4.78, 5) is 4.68. The lowest BCUT2D eigenvalue weighted by Gasteiger charge is -2.24. The summed E-state index contributed by atoms with van der Waals surface area (Å²) in [5.74, 6) is 0.533. The van der Waals surface area contributed by atoms with Crippen molar-refractivity contribution in [1.82, 2.24) is 4.98 Å². The largest absolute Gasteiger partial charge is 0.375 e. The first-order valence-electron chi connectivity index (χ1n) is 7.05. The lowest BCUT2D eigenvalue weighted by atomic mass is 9.83. The van der Waals surface area contributed by atoms with Crippen LogP contribution in [0.25, 0.3) is 10.2 Å². The molecule has 2 N–H and O–H groups in total. The quantitative estimate of drug-likeness (QED) is 0.936. The Morgan fingerprint density at radius 2 is 2.26 bits per heavy atom. The minimum atomic E-state index is 0.191. The molecule has 4 atom stereocenters. The van der Waals surface area contributed by atoms with E-state index >= 15 is 0 Å². The van der Waals surface area contributed by atoms with E-state index in [2.05, 4.69) is 23.2 Å². The number of nitrogens with zero attached hydrogens (tertiary/aromatic N) is 1. The molecule has 0 amide bonds. The smallest absolute Gasteiger partial charge is 0.0954 e. The van der Waals surface area contributed by atoms with Crippen molar-refractivity contribution in [2.24, 2.45) is 11.7 Å². The third kappa shape index (κ3) is 2.08. The Bertz CT molecular complexity index is 564. The van der Waals surface area contributed by atoms with Gasteiger partial charge in [0.2, 0.25) is 0 Å². The molecule has 1 aromatic carbocycles. The van der Waals surface area contributed by atoms with Gasteiger partial charge < -0.3 is 10.5 Å². The Balaban J connectivity index is 1.51. The van der Waals surface area contributed by atoms with Crippen molar-refractivity contribution in [3.63, 3.8) is 0 Å². The zero-order valence-electron chi connectivity index (χ0n) is 10.8. The second kappa shape index (κ2) is 4.54. The summed E-state index contributed by atoms with van der Waals surface area (Å²) in [6.45, 7) is 0. The fourth-order valence-electron chi connectivity index (χ4n) is 3.49. The summed E-state index contributed by atoms with van der Waals surface area (Å²) in [6.07, 6.45) is 5.36. The van der Waals surface area contributed by atoms with E-state index in [1.54, 1.807) is 11.3 Å². The summed E-state index contributed by atoms with van der Waals surface area (Å²) < 4.78 is 7.16. The standard InChI is InChI=1S/C15H18N2OS/c16-11(10-7-9-5-6-13(10)18-9)8-15-17-12-3-1-2-4-14(12)19-15/h1-4,9-11,13H,5-8,16H2. The normalized spacial score (nSPS) is 31.1. The Morgan fingerprint density at radius 3 is 3.00 bits per heavy atom. The second-order valence-corrected chi connectivity index (χ2v) is 6.83. The van der Waals surface area contributed by atoms with E-state index in [0.717, 1.165) is 23.4 Å². The van der Waals surface area contributed by atoms with Gasteiger partial charge >= 0.3 is 0 Å². The van der Waals surface area contributed by atoms with Gasteiger partial charge in [-0.25, -0.2) is 4.98 Å². The van der Waals surface area contributed by atoms with Crippen molar-refractivity contribution in [3.05, 3.63) is 29.3 Å². The molecule has 19 heavy (non-hydrogen) atoms. The van der Waals surface area contributed by atoms with Crippen molar-refractivity contribution in [1.29, 1.82) is 0 Å². The van der Waals surface area contributed by atoms with Gasteiger partial charge in [-0.3, -0.25) is 0 Å². The maximum atomic E-state index is 6.41. The summed E-state index contributed by atoms with van der Waals surface area (Å²) in [5, 5.41) is 1.16. The van der Waals surface area contributed by atoms with Crippen LogP contribution in [0, 0.1) is 5.92 Å². The molecule has 3 nitrogen and oxygen atoms in total. The summed E-state index contributed by atoms with van der Waals surface area (Å²) in [7, 11) is 0. The number of hydrogen-bond acceptors (Lipinski definition) is 4. The zero-order chi connectivity index (χ0) is 12.8. The molecule has 0 aliphatic carbocycles. The van der Waals surface area contributed by atoms with Crippen molar-refractivity contribution in [3.8, 4) is 0 Å². The number of aromatic nitrogens is 1. The van der Waals surface area contributed by atoms with Gasteiger partial charge in [0.05, 0.1) is 27.4 Å². The maximum Gasteiger partial charge on any atom is 0.0954 e. The first-order valence-corrected chi connectivity index (χ1v) is 7.87. The van der Waals surface area contributed by atoms with Gasteiger partial charge in [-0.15, -0.1) is 11.3 Å². The number of nitrogens with two attached hydrogens (primary N) is 1. The lowest BCUT2D eigenvalue weighted by molar-refractivity contribution is 0.0885. The van der Waals surface area contributed by atoms with Crippen molar-refractivity contribution in [2.45, 2.75) is 43.9 Å². The lowest BCUT2D eigenvalue weighted by Crippen LogP contribution is -2.37. The molecule has 4 heteroatoms. The van der Waals surface area contributed by atoms with E-state index in [1.165, 1.54) is 17.5 Å². The van der Waals surface area contributed by atoms with E-state index < -0.39 is 0 Å². The zero-order valence-corrected chi connectivity index (χ0v) is 11.6. The van der Waals surface area contributed by atoms with E-state index in [4.69, 9.17) is 10.5 Å². The highest BCUT2D eigenvalue weighted by Crippen LogP contribution is 2.40. The molecule has 0 saturated carbocycles. The number of thiazole rings is 1. The molecule has 100 valence electrons. The van der Waals surface area contributed by atoms with Gasteiger partial charge in [-0.2, -0.15) is 0 Å². The monoisotopic (exact) mass is 274 g/mol. The first kappa shape index (κ1) is 11.8. The average molecular weight is 274 g/mol.